The number of hydrogen-bond donors (Lipinski definition) is 0. The van der Waals surface area contributed by atoms with Gasteiger partial charge in [-0.1, -0.05) is 141 Å². The van der Waals surface area contributed by atoms with E-state index in [9.17, 15) is 0 Å². The third-order valence-corrected chi connectivity index (χ3v) is 11.4. The van der Waals surface area contributed by atoms with Gasteiger partial charge in [-0.15, -0.1) is 0 Å². The number of para-hydroxylation sites is 4. The highest BCUT2D eigenvalue weighted by molar-refractivity contribution is 6.10. The maximum atomic E-state index is 6.87. The second kappa shape index (κ2) is 14.0. The standard InChI is InChI=1S/C55H46N2O/c1-36(2)40-33-48(38-17-7-6-8-18-38)54(58-55(3,4)5)49(34-40)39-29-27-37(28-30-39)41-31-42(56-50-23-13-9-19-44(50)45-20-10-14-24-51(45)56)35-43(32-41)57-52-25-15-11-21-46(52)47-22-12-16-26-53(47)57/h6-36H,1-5H3. The molecule has 0 fully saturated rings. The van der Waals surface area contributed by atoms with Crippen LogP contribution in [-0.2, 0) is 0 Å². The first kappa shape index (κ1) is 35.6. The molecule has 58 heavy (non-hydrogen) atoms. The lowest BCUT2D eigenvalue weighted by Crippen LogP contribution is -2.24. The minimum Gasteiger partial charge on any atom is -0.487 e. The summed E-state index contributed by atoms with van der Waals surface area (Å²) in [7, 11) is 0. The Morgan fingerprint density at radius 2 is 0.776 bits per heavy atom. The van der Waals surface area contributed by atoms with Gasteiger partial charge in [-0.05, 0) is 109 Å². The van der Waals surface area contributed by atoms with Crippen molar-refractivity contribution in [3.8, 4) is 50.5 Å². The van der Waals surface area contributed by atoms with Crippen molar-refractivity contribution in [3.63, 3.8) is 0 Å². The Balaban J connectivity index is 1.20. The molecule has 0 amide bonds. The summed E-state index contributed by atoms with van der Waals surface area (Å²) in [6, 6.07) is 66.5. The molecule has 2 aromatic heterocycles. The molecule has 0 atom stereocenters. The van der Waals surface area contributed by atoms with E-state index in [1.54, 1.807) is 0 Å². The van der Waals surface area contributed by atoms with E-state index in [1.807, 2.05) is 0 Å². The fourth-order valence-corrected chi connectivity index (χ4v) is 8.71. The van der Waals surface area contributed by atoms with Gasteiger partial charge in [-0.3, -0.25) is 0 Å². The van der Waals surface area contributed by atoms with Gasteiger partial charge in [-0.25, -0.2) is 0 Å². The van der Waals surface area contributed by atoms with E-state index < -0.39 is 0 Å². The van der Waals surface area contributed by atoms with Crippen LogP contribution in [0.15, 0.2) is 182 Å². The van der Waals surface area contributed by atoms with E-state index >= 15 is 0 Å². The number of rotatable bonds is 7. The molecule has 3 nitrogen and oxygen atoms in total. The second-order valence-corrected chi connectivity index (χ2v) is 16.7. The van der Waals surface area contributed by atoms with Crippen molar-refractivity contribution in [2.45, 2.75) is 46.1 Å². The predicted octanol–water partition coefficient (Wildman–Crippen LogP) is 15.2. The zero-order valence-corrected chi connectivity index (χ0v) is 33.7. The largest absolute Gasteiger partial charge is 0.487 e. The van der Waals surface area contributed by atoms with E-state index in [-0.39, 0.29) is 5.60 Å². The third kappa shape index (κ3) is 6.15. The van der Waals surface area contributed by atoms with E-state index in [2.05, 4.69) is 226 Å². The SMILES string of the molecule is CC(C)c1cc(-c2ccccc2)c(OC(C)(C)C)c(-c2ccc(-c3cc(-n4c5ccccc5c5ccccc54)cc(-n4c5ccccc5c5ccccc54)c3)cc2)c1. The van der Waals surface area contributed by atoms with Gasteiger partial charge in [-0.2, -0.15) is 0 Å². The maximum absolute atomic E-state index is 6.87. The minimum atomic E-state index is -0.381. The van der Waals surface area contributed by atoms with Crippen LogP contribution in [-0.4, -0.2) is 14.7 Å². The second-order valence-electron chi connectivity index (χ2n) is 16.7. The summed E-state index contributed by atoms with van der Waals surface area (Å²) in [5.74, 6) is 1.27. The molecule has 0 unspecified atom stereocenters. The van der Waals surface area contributed by atoms with Crippen LogP contribution < -0.4 is 4.74 Å². The third-order valence-electron chi connectivity index (χ3n) is 11.4. The number of aromatic nitrogens is 2. The van der Waals surface area contributed by atoms with E-state index in [0.29, 0.717) is 5.92 Å². The summed E-state index contributed by atoms with van der Waals surface area (Å²) in [4.78, 5) is 0. The first-order valence-electron chi connectivity index (χ1n) is 20.4. The minimum absolute atomic E-state index is 0.354. The molecule has 10 aromatic rings. The van der Waals surface area contributed by atoms with Crippen molar-refractivity contribution in [1.29, 1.82) is 0 Å². The fraction of sp³-hybridized carbons (Fsp3) is 0.127. The van der Waals surface area contributed by atoms with Crippen molar-refractivity contribution in [2.75, 3.05) is 0 Å². The molecule has 282 valence electrons. The van der Waals surface area contributed by atoms with Crippen molar-refractivity contribution >= 4 is 43.6 Å². The highest BCUT2D eigenvalue weighted by Gasteiger charge is 2.23. The van der Waals surface area contributed by atoms with Gasteiger partial charge < -0.3 is 13.9 Å². The van der Waals surface area contributed by atoms with Gasteiger partial charge in [0.1, 0.15) is 11.4 Å². The molecule has 0 saturated carbocycles. The summed E-state index contributed by atoms with van der Waals surface area (Å²) in [6.07, 6.45) is 0. The Kier molecular flexibility index (Phi) is 8.56. The highest BCUT2D eigenvalue weighted by atomic mass is 16.5. The van der Waals surface area contributed by atoms with E-state index in [0.717, 1.165) is 50.5 Å². The number of hydrogen-bond acceptors (Lipinski definition) is 1. The summed E-state index contributed by atoms with van der Waals surface area (Å²) >= 11 is 0. The first-order chi connectivity index (χ1) is 28.2. The monoisotopic (exact) mass is 750 g/mol. The fourth-order valence-electron chi connectivity index (χ4n) is 8.71. The normalized spacial score (nSPS) is 12.0. The quantitative estimate of drug-likeness (QED) is 0.159. The van der Waals surface area contributed by atoms with Crippen LogP contribution in [0.25, 0.3) is 88.4 Å². The van der Waals surface area contributed by atoms with Crippen LogP contribution in [0.1, 0.15) is 46.1 Å². The van der Waals surface area contributed by atoms with Gasteiger partial charge in [0.05, 0.1) is 22.1 Å². The zero-order chi connectivity index (χ0) is 39.5. The molecule has 0 saturated heterocycles. The summed E-state index contributed by atoms with van der Waals surface area (Å²) in [5.41, 5.74) is 14.7. The smallest absolute Gasteiger partial charge is 0.135 e. The molecule has 8 aromatic carbocycles. The van der Waals surface area contributed by atoms with Crippen molar-refractivity contribution in [3.05, 3.63) is 188 Å². The van der Waals surface area contributed by atoms with Gasteiger partial charge in [0.2, 0.25) is 0 Å². The molecule has 2 heterocycles. The molecule has 0 N–H and O–H groups in total. The maximum Gasteiger partial charge on any atom is 0.135 e. The number of ether oxygens (including phenoxy) is 1. The summed E-state index contributed by atoms with van der Waals surface area (Å²) in [6.45, 7) is 10.9. The molecule has 0 radical (unpaired) electrons. The van der Waals surface area contributed by atoms with Gasteiger partial charge in [0, 0.05) is 44.0 Å². The average Bonchev–Trinajstić information content (AvgIpc) is 3.76. The molecular formula is C55H46N2O. The first-order valence-corrected chi connectivity index (χ1v) is 20.4. The van der Waals surface area contributed by atoms with E-state index in [1.165, 1.54) is 49.2 Å². The zero-order valence-electron chi connectivity index (χ0n) is 33.7. The molecular weight excluding hydrogens is 705 g/mol. The van der Waals surface area contributed by atoms with Crippen molar-refractivity contribution in [1.82, 2.24) is 9.13 Å². The average molecular weight is 751 g/mol. The molecule has 0 bridgehead atoms. The number of benzene rings is 8. The van der Waals surface area contributed by atoms with Crippen LogP contribution in [0.3, 0.4) is 0 Å². The molecule has 0 aliphatic carbocycles. The molecule has 0 aliphatic heterocycles. The molecule has 3 heteroatoms. The van der Waals surface area contributed by atoms with Crippen molar-refractivity contribution < 1.29 is 4.74 Å². The van der Waals surface area contributed by atoms with Gasteiger partial charge in [0.15, 0.2) is 0 Å². The lowest BCUT2D eigenvalue weighted by molar-refractivity contribution is 0.132. The van der Waals surface area contributed by atoms with E-state index in [4.69, 9.17) is 4.74 Å². The van der Waals surface area contributed by atoms with Crippen LogP contribution in [0.2, 0.25) is 0 Å². The Morgan fingerprint density at radius 3 is 1.19 bits per heavy atom. The Bertz CT molecular complexity index is 2900. The number of fused-ring (bicyclic) bond motifs is 6. The van der Waals surface area contributed by atoms with Crippen LogP contribution >= 0.6 is 0 Å². The lowest BCUT2D eigenvalue weighted by Gasteiger charge is -2.27. The Morgan fingerprint density at radius 1 is 0.397 bits per heavy atom. The Hall–Kier alpha value is -6.84. The summed E-state index contributed by atoms with van der Waals surface area (Å²) in [5, 5.41) is 4.99. The summed E-state index contributed by atoms with van der Waals surface area (Å²) < 4.78 is 11.7. The Labute approximate surface area is 340 Å². The topological polar surface area (TPSA) is 19.1 Å². The van der Waals surface area contributed by atoms with Crippen LogP contribution in [0, 0.1) is 0 Å². The molecule has 0 spiro atoms. The molecule has 10 rings (SSSR count). The van der Waals surface area contributed by atoms with Crippen molar-refractivity contribution in [2.24, 2.45) is 0 Å². The van der Waals surface area contributed by atoms with Gasteiger partial charge in [0.25, 0.3) is 0 Å². The van der Waals surface area contributed by atoms with Crippen LogP contribution in [0.5, 0.6) is 5.75 Å². The molecule has 0 aliphatic rings. The number of nitrogens with zero attached hydrogens (tertiary/aromatic N) is 2. The predicted molar refractivity (Wildman–Crippen MR) is 246 cm³/mol. The lowest BCUT2D eigenvalue weighted by atomic mass is 9.90. The van der Waals surface area contributed by atoms with Crippen LogP contribution in [0.4, 0.5) is 0 Å². The van der Waals surface area contributed by atoms with Gasteiger partial charge >= 0.3 is 0 Å². The highest BCUT2D eigenvalue weighted by Crippen LogP contribution is 2.44.